The van der Waals surface area contributed by atoms with E-state index >= 15 is 0 Å². The molecule has 0 radical (unpaired) electrons. The lowest BCUT2D eigenvalue weighted by atomic mass is 9.98. The average molecular weight is 419 g/mol. The van der Waals surface area contributed by atoms with E-state index in [1.54, 1.807) is 11.3 Å². The summed E-state index contributed by atoms with van der Waals surface area (Å²) >= 11 is 7.69. The van der Waals surface area contributed by atoms with E-state index in [4.69, 9.17) is 16.6 Å². The molecule has 0 spiro atoms. The van der Waals surface area contributed by atoms with Gasteiger partial charge in [-0.1, -0.05) is 44.5 Å². The first-order chi connectivity index (χ1) is 13.2. The molecule has 0 fully saturated rings. The fraction of sp³-hybridized carbons (Fsp3) is 0.250. The summed E-state index contributed by atoms with van der Waals surface area (Å²) in [4.78, 5) is 21.4. The molecule has 146 valence electrons. The van der Waals surface area contributed by atoms with Crippen molar-refractivity contribution >= 4 is 34.7 Å². The van der Waals surface area contributed by atoms with Gasteiger partial charge in [0.15, 0.2) is 0 Å². The molecule has 0 aliphatic carbocycles. The van der Waals surface area contributed by atoms with E-state index in [9.17, 15) is 9.18 Å². The number of thiazole rings is 1. The molecule has 8 heteroatoms. The van der Waals surface area contributed by atoms with Crippen LogP contribution in [0.5, 0.6) is 0 Å². The number of halogens is 2. The minimum absolute atomic E-state index is 0.113. The molecule has 0 saturated heterocycles. The van der Waals surface area contributed by atoms with Gasteiger partial charge in [-0.05, 0) is 24.3 Å². The van der Waals surface area contributed by atoms with Crippen molar-refractivity contribution in [2.24, 2.45) is 0 Å². The normalized spacial score (nSPS) is 11.3. The Morgan fingerprint density at radius 2 is 2.04 bits per heavy atom. The third kappa shape index (κ3) is 5.05. The number of aromatic nitrogens is 2. The van der Waals surface area contributed by atoms with Gasteiger partial charge >= 0.3 is 6.03 Å². The molecule has 0 bridgehead atoms. The molecule has 0 atom stereocenters. The van der Waals surface area contributed by atoms with Crippen LogP contribution in [0.15, 0.2) is 42.6 Å². The Morgan fingerprint density at radius 3 is 2.68 bits per heavy atom. The van der Waals surface area contributed by atoms with Crippen LogP contribution >= 0.6 is 22.9 Å². The Labute approximate surface area is 172 Å². The third-order valence-corrected chi connectivity index (χ3v) is 5.55. The zero-order chi connectivity index (χ0) is 20.3. The SMILES string of the molecule is CC(C)(C)c1nc(-c2cccc(Cl)c2)c(CNC(=O)Nc2ccc(F)nc2)s1. The van der Waals surface area contributed by atoms with Gasteiger partial charge < -0.3 is 10.6 Å². The lowest BCUT2D eigenvalue weighted by Gasteiger charge is -2.13. The molecular weight excluding hydrogens is 399 g/mol. The van der Waals surface area contributed by atoms with Crippen LogP contribution in [0.2, 0.25) is 5.02 Å². The van der Waals surface area contributed by atoms with Crippen LogP contribution in [0.1, 0.15) is 30.7 Å². The van der Waals surface area contributed by atoms with Crippen LogP contribution in [0.25, 0.3) is 11.3 Å². The van der Waals surface area contributed by atoms with E-state index in [-0.39, 0.29) is 5.41 Å². The van der Waals surface area contributed by atoms with E-state index in [0.29, 0.717) is 17.3 Å². The van der Waals surface area contributed by atoms with E-state index < -0.39 is 12.0 Å². The molecule has 2 amide bonds. The fourth-order valence-electron chi connectivity index (χ4n) is 2.44. The lowest BCUT2D eigenvalue weighted by Crippen LogP contribution is -2.28. The van der Waals surface area contributed by atoms with Gasteiger partial charge in [-0.25, -0.2) is 14.8 Å². The summed E-state index contributed by atoms with van der Waals surface area (Å²) in [6, 6.07) is 9.72. The molecule has 3 aromatic rings. The lowest BCUT2D eigenvalue weighted by molar-refractivity contribution is 0.252. The van der Waals surface area contributed by atoms with E-state index in [2.05, 4.69) is 36.4 Å². The van der Waals surface area contributed by atoms with Gasteiger partial charge in [-0.2, -0.15) is 4.39 Å². The van der Waals surface area contributed by atoms with E-state index in [1.165, 1.54) is 18.3 Å². The molecule has 2 heterocycles. The second-order valence-corrected chi connectivity index (χ2v) is 8.75. The molecule has 3 rings (SSSR count). The van der Waals surface area contributed by atoms with Crippen LogP contribution in [0, 0.1) is 5.95 Å². The summed E-state index contributed by atoms with van der Waals surface area (Å²) in [6.45, 7) is 6.59. The third-order valence-electron chi connectivity index (χ3n) is 3.83. The average Bonchev–Trinajstić information content (AvgIpc) is 3.07. The van der Waals surface area contributed by atoms with Gasteiger partial charge in [0.25, 0.3) is 0 Å². The van der Waals surface area contributed by atoms with Crippen LogP contribution in [-0.4, -0.2) is 16.0 Å². The van der Waals surface area contributed by atoms with Crippen molar-refractivity contribution in [2.45, 2.75) is 32.7 Å². The second-order valence-electron chi connectivity index (χ2n) is 7.23. The topological polar surface area (TPSA) is 66.9 Å². The molecule has 2 N–H and O–H groups in total. The molecule has 0 aliphatic heterocycles. The quantitative estimate of drug-likeness (QED) is 0.540. The second kappa shape index (κ2) is 8.24. The molecule has 0 aliphatic rings. The zero-order valence-electron chi connectivity index (χ0n) is 15.7. The number of hydrogen-bond acceptors (Lipinski definition) is 4. The number of carbonyl (C=O) groups excluding carboxylic acids is 1. The van der Waals surface area contributed by atoms with Crippen LogP contribution < -0.4 is 10.6 Å². The van der Waals surface area contributed by atoms with Crippen molar-refractivity contribution in [1.29, 1.82) is 0 Å². The Hall–Kier alpha value is -2.51. The van der Waals surface area contributed by atoms with E-state index in [1.807, 2.05) is 24.3 Å². The van der Waals surface area contributed by atoms with Crippen molar-refractivity contribution < 1.29 is 9.18 Å². The van der Waals surface area contributed by atoms with Crippen LogP contribution in [0.3, 0.4) is 0 Å². The molecule has 1 aromatic carbocycles. The van der Waals surface area contributed by atoms with E-state index in [0.717, 1.165) is 21.1 Å². The summed E-state index contributed by atoms with van der Waals surface area (Å²) < 4.78 is 12.9. The molecule has 0 unspecified atom stereocenters. The Balaban J connectivity index is 1.79. The van der Waals surface area contributed by atoms with Gasteiger partial charge in [0.2, 0.25) is 5.95 Å². The minimum atomic E-state index is -0.600. The molecular formula is C20H20ClFN4OS. The Bertz CT molecular complexity index is 983. The van der Waals surface area contributed by atoms with Gasteiger partial charge in [-0.15, -0.1) is 11.3 Å². The highest BCUT2D eigenvalue weighted by molar-refractivity contribution is 7.12. The number of rotatable bonds is 4. The predicted molar refractivity (Wildman–Crippen MR) is 111 cm³/mol. The number of pyridine rings is 1. The van der Waals surface area contributed by atoms with Crippen LogP contribution in [0.4, 0.5) is 14.9 Å². The first kappa shape index (κ1) is 20.2. The maximum Gasteiger partial charge on any atom is 0.319 e. The number of urea groups is 1. The number of anilines is 1. The van der Waals surface area contributed by atoms with Crippen molar-refractivity contribution in [3.63, 3.8) is 0 Å². The Morgan fingerprint density at radius 1 is 1.25 bits per heavy atom. The number of nitrogens with one attached hydrogen (secondary N) is 2. The molecule has 5 nitrogen and oxygen atoms in total. The zero-order valence-corrected chi connectivity index (χ0v) is 17.3. The van der Waals surface area contributed by atoms with Crippen molar-refractivity contribution in [1.82, 2.24) is 15.3 Å². The first-order valence-corrected chi connectivity index (χ1v) is 9.84. The summed E-state index contributed by atoms with van der Waals surface area (Å²) in [6.07, 6.45) is 1.26. The summed E-state index contributed by atoms with van der Waals surface area (Å²) in [5.74, 6) is -0.600. The van der Waals surface area contributed by atoms with Gasteiger partial charge in [-0.3, -0.25) is 0 Å². The summed E-state index contributed by atoms with van der Waals surface area (Å²) in [5, 5.41) is 7.05. The maximum atomic E-state index is 12.9. The molecule has 2 aromatic heterocycles. The molecule has 0 saturated carbocycles. The van der Waals surface area contributed by atoms with Gasteiger partial charge in [0.1, 0.15) is 0 Å². The Kier molecular flexibility index (Phi) is 5.96. The van der Waals surface area contributed by atoms with Crippen LogP contribution in [-0.2, 0) is 12.0 Å². The number of benzene rings is 1. The van der Waals surface area contributed by atoms with Gasteiger partial charge in [0, 0.05) is 16.0 Å². The predicted octanol–water partition coefficient (Wildman–Crippen LogP) is 5.62. The highest BCUT2D eigenvalue weighted by Gasteiger charge is 2.22. The fourth-order valence-corrected chi connectivity index (χ4v) is 3.71. The first-order valence-electron chi connectivity index (χ1n) is 8.65. The smallest absolute Gasteiger partial charge is 0.319 e. The van der Waals surface area contributed by atoms with Gasteiger partial charge in [0.05, 0.1) is 34.0 Å². The van der Waals surface area contributed by atoms with Crippen molar-refractivity contribution in [2.75, 3.05) is 5.32 Å². The largest absolute Gasteiger partial charge is 0.333 e. The number of hydrogen-bond donors (Lipinski definition) is 2. The van der Waals surface area contributed by atoms with Crippen molar-refractivity contribution in [3.8, 4) is 11.3 Å². The summed E-state index contributed by atoms with van der Waals surface area (Å²) in [7, 11) is 0. The maximum absolute atomic E-state index is 12.9. The number of amides is 2. The monoisotopic (exact) mass is 418 g/mol. The highest BCUT2D eigenvalue weighted by Crippen LogP contribution is 2.35. The summed E-state index contributed by atoms with van der Waals surface area (Å²) in [5.41, 5.74) is 2.01. The highest BCUT2D eigenvalue weighted by atomic mass is 35.5. The standard InChI is InChI=1S/C20H20ClFN4OS/c1-20(2,3)18-26-17(12-5-4-6-13(21)9-12)15(28-18)11-24-19(27)25-14-7-8-16(22)23-10-14/h4-10H,11H2,1-3H3,(H2,24,25,27). The minimum Gasteiger partial charge on any atom is -0.333 e. The number of nitrogens with zero attached hydrogens (tertiary/aromatic N) is 2. The number of carbonyl (C=O) groups is 1. The van der Waals surface area contributed by atoms with Crippen molar-refractivity contribution in [3.05, 3.63) is 63.5 Å². The molecule has 28 heavy (non-hydrogen) atoms.